The standard InChI is InChI=1S/C12H11N3O6S/c16-11-10(6-13-12(17)14-11)22(18,19)15-7-1-2-8-9(5-7)21-4-3-20-8/h1-2,5-6,15H,3-4H2,(H2,13,14,16,17). The highest BCUT2D eigenvalue weighted by Crippen LogP contribution is 2.33. The number of sulfonamides is 1. The second-order valence-corrected chi connectivity index (χ2v) is 6.05. The molecule has 116 valence electrons. The van der Waals surface area contributed by atoms with Crippen molar-refractivity contribution in [1.82, 2.24) is 9.97 Å². The lowest BCUT2D eigenvalue weighted by atomic mass is 10.3. The SMILES string of the molecule is O=c1[nH]cc(S(=O)(=O)Nc2ccc3c(c2)OCCO3)c(=O)[nH]1. The summed E-state index contributed by atoms with van der Waals surface area (Å²) in [5.74, 6) is 0.915. The van der Waals surface area contributed by atoms with Crippen LogP contribution < -0.4 is 25.4 Å². The van der Waals surface area contributed by atoms with Gasteiger partial charge in [-0.2, -0.15) is 0 Å². The topological polar surface area (TPSA) is 130 Å². The molecule has 3 rings (SSSR count). The predicted molar refractivity (Wildman–Crippen MR) is 75.9 cm³/mol. The fraction of sp³-hybridized carbons (Fsp3) is 0.167. The zero-order valence-electron chi connectivity index (χ0n) is 11.1. The van der Waals surface area contributed by atoms with Gasteiger partial charge in [-0.05, 0) is 12.1 Å². The van der Waals surface area contributed by atoms with Crippen LogP contribution in [0, 0.1) is 0 Å². The quantitative estimate of drug-likeness (QED) is 0.706. The van der Waals surface area contributed by atoms with Crippen LogP contribution in [-0.4, -0.2) is 31.6 Å². The Hall–Kier alpha value is -2.75. The molecule has 0 aliphatic carbocycles. The molecule has 0 saturated carbocycles. The molecule has 9 nitrogen and oxygen atoms in total. The van der Waals surface area contributed by atoms with Gasteiger partial charge in [0, 0.05) is 12.3 Å². The number of nitrogens with one attached hydrogen (secondary N) is 3. The third kappa shape index (κ3) is 2.68. The molecule has 0 spiro atoms. The van der Waals surface area contributed by atoms with Crippen LogP contribution in [0.1, 0.15) is 0 Å². The van der Waals surface area contributed by atoms with Gasteiger partial charge >= 0.3 is 5.69 Å². The summed E-state index contributed by atoms with van der Waals surface area (Å²) in [6, 6.07) is 4.49. The van der Waals surface area contributed by atoms with Crippen molar-refractivity contribution in [1.29, 1.82) is 0 Å². The molecule has 0 radical (unpaired) electrons. The van der Waals surface area contributed by atoms with Crippen LogP contribution in [0.4, 0.5) is 5.69 Å². The maximum absolute atomic E-state index is 12.2. The maximum atomic E-state index is 12.2. The normalized spacial score (nSPS) is 13.6. The van der Waals surface area contributed by atoms with Crippen LogP contribution in [0.25, 0.3) is 0 Å². The van der Waals surface area contributed by atoms with E-state index in [1.807, 2.05) is 4.98 Å². The van der Waals surface area contributed by atoms with Gasteiger partial charge in [0.15, 0.2) is 16.4 Å². The molecule has 3 N–H and O–H groups in total. The number of aromatic nitrogens is 2. The van der Waals surface area contributed by atoms with E-state index in [0.717, 1.165) is 6.20 Å². The number of hydrogen-bond donors (Lipinski definition) is 3. The van der Waals surface area contributed by atoms with Crippen molar-refractivity contribution in [3.63, 3.8) is 0 Å². The van der Waals surface area contributed by atoms with E-state index in [2.05, 4.69) is 9.71 Å². The highest BCUT2D eigenvalue weighted by molar-refractivity contribution is 7.92. The van der Waals surface area contributed by atoms with Crippen molar-refractivity contribution in [3.05, 3.63) is 45.2 Å². The van der Waals surface area contributed by atoms with Gasteiger partial charge in [-0.25, -0.2) is 13.2 Å². The average Bonchev–Trinajstić information content (AvgIpc) is 2.46. The fourth-order valence-electron chi connectivity index (χ4n) is 1.91. The lowest BCUT2D eigenvalue weighted by Crippen LogP contribution is -2.29. The Kier molecular flexibility index (Phi) is 3.37. The molecular weight excluding hydrogens is 314 g/mol. The third-order valence-electron chi connectivity index (χ3n) is 2.87. The second kappa shape index (κ2) is 5.22. The smallest absolute Gasteiger partial charge is 0.325 e. The van der Waals surface area contributed by atoms with Crippen LogP contribution in [0.15, 0.2) is 38.9 Å². The average molecular weight is 325 g/mol. The number of aromatic amines is 2. The first-order valence-electron chi connectivity index (χ1n) is 6.20. The first kappa shape index (κ1) is 14.2. The summed E-state index contributed by atoms with van der Waals surface area (Å²) in [4.78, 5) is 25.9. The van der Waals surface area contributed by atoms with E-state index < -0.39 is 26.2 Å². The predicted octanol–water partition coefficient (Wildman–Crippen LogP) is -0.365. The molecule has 2 aromatic rings. The number of ether oxygens (including phenoxy) is 2. The van der Waals surface area contributed by atoms with E-state index in [-0.39, 0.29) is 5.69 Å². The summed E-state index contributed by atoms with van der Waals surface area (Å²) in [6.07, 6.45) is 0.835. The van der Waals surface area contributed by atoms with Crippen molar-refractivity contribution in [3.8, 4) is 11.5 Å². The Morgan fingerprint density at radius 2 is 1.82 bits per heavy atom. The van der Waals surface area contributed by atoms with Gasteiger partial charge < -0.3 is 14.5 Å². The number of fused-ring (bicyclic) bond motifs is 1. The minimum absolute atomic E-state index is 0.204. The zero-order chi connectivity index (χ0) is 15.7. The van der Waals surface area contributed by atoms with Crippen molar-refractivity contribution >= 4 is 15.7 Å². The Bertz CT molecular complexity index is 930. The van der Waals surface area contributed by atoms with Gasteiger partial charge in [-0.3, -0.25) is 14.5 Å². The van der Waals surface area contributed by atoms with Crippen LogP contribution in [-0.2, 0) is 10.0 Å². The van der Waals surface area contributed by atoms with Gasteiger partial charge in [0.25, 0.3) is 15.6 Å². The molecule has 1 aromatic heterocycles. The lowest BCUT2D eigenvalue weighted by molar-refractivity contribution is 0.171. The maximum Gasteiger partial charge on any atom is 0.325 e. The van der Waals surface area contributed by atoms with Crippen LogP contribution in [0.2, 0.25) is 0 Å². The summed E-state index contributed by atoms with van der Waals surface area (Å²) in [5, 5.41) is 0. The van der Waals surface area contributed by atoms with E-state index in [1.165, 1.54) is 12.1 Å². The van der Waals surface area contributed by atoms with Gasteiger partial charge in [0.1, 0.15) is 13.2 Å². The van der Waals surface area contributed by atoms with Gasteiger partial charge in [-0.15, -0.1) is 0 Å². The molecule has 1 aliphatic heterocycles. The molecule has 0 fully saturated rings. The number of anilines is 1. The molecular formula is C12H11N3O6S. The molecule has 0 unspecified atom stereocenters. The van der Waals surface area contributed by atoms with Crippen molar-refractivity contribution < 1.29 is 17.9 Å². The minimum atomic E-state index is -4.15. The van der Waals surface area contributed by atoms with E-state index in [9.17, 15) is 18.0 Å². The molecule has 2 heterocycles. The zero-order valence-corrected chi connectivity index (χ0v) is 11.9. The number of H-pyrrole nitrogens is 2. The van der Waals surface area contributed by atoms with Crippen LogP contribution >= 0.6 is 0 Å². The summed E-state index contributed by atoms with van der Waals surface area (Å²) in [7, 11) is -4.15. The van der Waals surface area contributed by atoms with Crippen LogP contribution in [0.3, 0.4) is 0 Å². The van der Waals surface area contributed by atoms with Crippen molar-refractivity contribution in [2.75, 3.05) is 17.9 Å². The molecule has 1 aromatic carbocycles. The van der Waals surface area contributed by atoms with E-state index in [1.54, 1.807) is 6.07 Å². The molecule has 0 bridgehead atoms. The second-order valence-electron chi connectivity index (χ2n) is 4.40. The Morgan fingerprint density at radius 1 is 1.09 bits per heavy atom. The monoisotopic (exact) mass is 325 g/mol. The Labute approximate surface area is 124 Å². The minimum Gasteiger partial charge on any atom is -0.486 e. The van der Waals surface area contributed by atoms with Crippen LogP contribution in [0.5, 0.6) is 11.5 Å². The Morgan fingerprint density at radius 3 is 2.55 bits per heavy atom. The summed E-state index contributed by atoms with van der Waals surface area (Å²) < 4.78 is 37.3. The summed E-state index contributed by atoms with van der Waals surface area (Å²) in [6.45, 7) is 0.785. The van der Waals surface area contributed by atoms with Gasteiger partial charge in [0.05, 0.1) is 5.69 Å². The molecule has 22 heavy (non-hydrogen) atoms. The number of benzene rings is 1. The van der Waals surface area contributed by atoms with Crippen molar-refractivity contribution in [2.24, 2.45) is 0 Å². The van der Waals surface area contributed by atoms with Crippen molar-refractivity contribution in [2.45, 2.75) is 4.90 Å². The molecule has 0 amide bonds. The van der Waals surface area contributed by atoms with E-state index in [0.29, 0.717) is 24.7 Å². The molecule has 10 heteroatoms. The molecule has 0 saturated heterocycles. The van der Waals surface area contributed by atoms with E-state index in [4.69, 9.17) is 9.47 Å². The summed E-state index contributed by atoms with van der Waals surface area (Å²) in [5.41, 5.74) is -1.59. The highest BCUT2D eigenvalue weighted by atomic mass is 32.2. The fourth-order valence-corrected chi connectivity index (χ4v) is 2.97. The first-order valence-corrected chi connectivity index (χ1v) is 7.68. The third-order valence-corrected chi connectivity index (χ3v) is 4.26. The first-order chi connectivity index (χ1) is 10.5. The number of hydrogen-bond acceptors (Lipinski definition) is 6. The lowest BCUT2D eigenvalue weighted by Gasteiger charge is -2.19. The van der Waals surface area contributed by atoms with E-state index >= 15 is 0 Å². The highest BCUT2D eigenvalue weighted by Gasteiger charge is 2.20. The molecule has 1 aliphatic rings. The number of rotatable bonds is 3. The van der Waals surface area contributed by atoms with Gasteiger partial charge in [0.2, 0.25) is 0 Å². The van der Waals surface area contributed by atoms with Gasteiger partial charge in [-0.1, -0.05) is 0 Å². The summed E-state index contributed by atoms with van der Waals surface area (Å²) >= 11 is 0. The largest absolute Gasteiger partial charge is 0.486 e. The Balaban J connectivity index is 1.94. The molecule has 0 atom stereocenters.